The fourth-order valence-electron chi connectivity index (χ4n) is 3.18. The van der Waals surface area contributed by atoms with Crippen molar-refractivity contribution in [2.45, 2.75) is 26.6 Å². The van der Waals surface area contributed by atoms with Crippen molar-refractivity contribution in [1.29, 1.82) is 0 Å². The molecule has 2 aromatic carbocycles. The Morgan fingerprint density at radius 1 is 0.950 bits per heavy atom. The maximum atomic E-state index is 13.0. The zero-order valence-electron chi connectivity index (χ0n) is 22.0. The summed E-state index contributed by atoms with van der Waals surface area (Å²) in [6, 6.07) is 8.27. The minimum atomic E-state index is -5.05. The third kappa shape index (κ3) is 11.0. The van der Waals surface area contributed by atoms with Crippen molar-refractivity contribution in [3.8, 4) is 16.9 Å². The van der Waals surface area contributed by atoms with Crippen molar-refractivity contribution in [3.05, 3.63) is 47.5 Å². The number of esters is 2. The third-order valence-corrected chi connectivity index (χ3v) is 5.18. The maximum absolute atomic E-state index is 13.0. The first-order valence-corrected chi connectivity index (χ1v) is 12.3. The number of methoxy groups -OCH3 is 2. The van der Waals surface area contributed by atoms with Gasteiger partial charge in [-0.2, -0.15) is 0 Å². The van der Waals surface area contributed by atoms with Gasteiger partial charge >= 0.3 is 18.3 Å². The summed E-state index contributed by atoms with van der Waals surface area (Å²) in [5.74, 6) is -1.92. The van der Waals surface area contributed by atoms with E-state index < -0.39 is 25.1 Å². The number of rotatable bonds is 15. The van der Waals surface area contributed by atoms with Gasteiger partial charge in [-0.25, -0.2) is 9.59 Å². The zero-order valence-corrected chi connectivity index (χ0v) is 22.8. The van der Waals surface area contributed by atoms with E-state index >= 15 is 0 Å². The highest BCUT2D eigenvalue weighted by atomic mass is 32.2. The van der Waals surface area contributed by atoms with Crippen molar-refractivity contribution >= 4 is 35.9 Å². The van der Waals surface area contributed by atoms with Gasteiger partial charge in [0.15, 0.2) is 6.79 Å². The Labute approximate surface area is 232 Å². The second kappa shape index (κ2) is 16.0. The van der Waals surface area contributed by atoms with E-state index in [1.54, 1.807) is 0 Å². The molecule has 11 nitrogen and oxygen atoms in total. The molecular formula is C25H28F3NO10S. The molecule has 0 bridgehead atoms. The number of hydrogen-bond acceptors (Lipinski definition) is 11. The number of benzene rings is 2. The molecule has 0 fully saturated rings. The topological polar surface area (TPSA) is 128 Å². The molecule has 0 atom stereocenters. The Morgan fingerprint density at radius 2 is 1.62 bits per heavy atom. The number of hydrogen-bond donors (Lipinski definition) is 1. The van der Waals surface area contributed by atoms with Crippen LogP contribution in [0.15, 0.2) is 36.4 Å². The summed E-state index contributed by atoms with van der Waals surface area (Å²) in [6.45, 7) is 3.73. The van der Waals surface area contributed by atoms with Crippen LogP contribution in [0.3, 0.4) is 0 Å². The van der Waals surface area contributed by atoms with Crippen LogP contribution >= 0.6 is 12.3 Å². The Hall–Kier alpha value is -3.37. The summed E-state index contributed by atoms with van der Waals surface area (Å²) in [4.78, 5) is 41.0. The normalized spacial score (nSPS) is 11.3. The molecule has 0 spiro atoms. The van der Waals surface area contributed by atoms with E-state index in [1.165, 1.54) is 44.6 Å². The van der Waals surface area contributed by atoms with Crippen molar-refractivity contribution in [2.75, 3.05) is 39.5 Å². The lowest BCUT2D eigenvalue weighted by atomic mass is 9.94. The second-order valence-electron chi connectivity index (χ2n) is 8.30. The lowest BCUT2D eigenvalue weighted by Gasteiger charge is -2.16. The summed E-state index contributed by atoms with van der Waals surface area (Å²) in [6.07, 6.45) is -4.79. The molecule has 0 aliphatic rings. The van der Waals surface area contributed by atoms with Gasteiger partial charge in [0.05, 0.1) is 31.5 Å². The molecular weight excluding hydrogens is 563 g/mol. The molecule has 2 aromatic rings. The van der Waals surface area contributed by atoms with E-state index in [2.05, 4.69) is 14.5 Å². The zero-order chi connectivity index (χ0) is 29.7. The smallest absolute Gasteiger partial charge is 0.465 e. The van der Waals surface area contributed by atoms with Crippen molar-refractivity contribution < 1.29 is 59.9 Å². The fraction of sp³-hybridized carbons (Fsp3) is 0.400. The molecule has 0 saturated heterocycles. The van der Waals surface area contributed by atoms with Crippen LogP contribution in [0.1, 0.15) is 41.0 Å². The average molecular weight is 592 g/mol. The van der Waals surface area contributed by atoms with Crippen LogP contribution in [-0.4, -0.2) is 58.4 Å². The molecule has 1 N–H and O–H groups in total. The summed E-state index contributed by atoms with van der Waals surface area (Å²) in [5.41, 5.74) is 0.625. The van der Waals surface area contributed by atoms with Gasteiger partial charge < -0.3 is 28.4 Å². The Morgan fingerprint density at radius 3 is 2.25 bits per heavy atom. The maximum Gasteiger partial charge on any atom is 0.550 e. The van der Waals surface area contributed by atoms with E-state index in [9.17, 15) is 27.6 Å². The van der Waals surface area contributed by atoms with Crippen LogP contribution in [0.25, 0.3) is 11.1 Å². The fourth-order valence-corrected chi connectivity index (χ4v) is 3.49. The first-order chi connectivity index (χ1) is 18.9. The molecule has 2 rings (SSSR count). The molecule has 0 heterocycles. The number of halogens is 3. The minimum absolute atomic E-state index is 0.0141. The summed E-state index contributed by atoms with van der Waals surface area (Å²) < 4.78 is 65.3. The van der Waals surface area contributed by atoms with Gasteiger partial charge in [-0.05, 0) is 47.4 Å². The Balaban J connectivity index is 2.42. The molecule has 40 heavy (non-hydrogen) atoms. The molecule has 0 aliphatic carbocycles. The molecule has 0 aromatic heterocycles. The monoisotopic (exact) mass is 591 g/mol. The standard InChI is InChI=1S/C25H28F3NO10S/c1-15(2)11-22(30)29-16-5-7-18(20(12-16)23(31)34-4)19-8-6-17(37-40-39-38-25(26,27)28)13-21(19)24(32)36-14-35-10-9-33-3/h5-8,12-13,15H,9-11,14H2,1-4H3,(H,29,30). The number of anilines is 1. The van der Waals surface area contributed by atoms with Crippen molar-refractivity contribution in [2.24, 2.45) is 5.92 Å². The molecule has 15 heteroatoms. The van der Waals surface area contributed by atoms with E-state index in [0.717, 1.165) is 6.07 Å². The van der Waals surface area contributed by atoms with Gasteiger partial charge in [0.1, 0.15) is 5.75 Å². The van der Waals surface area contributed by atoms with Crippen LogP contribution in [0, 0.1) is 5.92 Å². The highest BCUT2D eigenvalue weighted by Crippen LogP contribution is 2.34. The highest BCUT2D eigenvalue weighted by Gasteiger charge is 2.32. The third-order valence-electron chi connectivity index (χ3n) is 4.80. The second-order valence-corrected chi connectivity index (χ2v) is 8.74. The molecule has 0 radical (unpaired) electrons. The molecule has 0 saturated carbocycles. The molecule has 1 amide bonds. The van der Waals surface area contributed by atoms with Gasteiger partial charge in [0, 0.05) is 19.2 Å². The number of ether oxygens (including phenoxy) is 4. The van der Waals surface area contributed by atoms with Gasteiger partial charge in [0.25, 0.3) is 12.3 Å². The van der Waals surface area contributed by atoms with Gasteiger partial charge in [-0.1, -0.05) is 19.9 Å². The van der Waals surface area contributed by atoms with Crippen LogP contribution in [0.2, 0.25) is 0 Å². The first-order valence-electron chi connectivity index (χ1n) is 11.6. The average Bonchev–Trinajstić information content (AvgIpc) is 2.89. The predicted octanol–water partition coefficient (Wildman–Crippen LogP) is 5.31. The van der Waals surface area contributed by atoms with Crippen molar-refractivity contribution in [1.82, 2.24) is 0 Å². The summed E-state index contributed by atoms with van der Waals surface area (Å²) in [7, 11) is 2.63. The molecule has 0 aliphatic heterocycles. The van der Waals surface area contributed by atoms with Gasteiger partial charge in [-0.3, -0.25) is 4.79 Å². The molecule has 220 valence electrons. The van der Waals surface area contributed by atoms with Gasteiger partial charge in [-0.15, -0.1) is 22.4 Å². The SMILES string of the molecule is COCCOCOC(=O)c1cc(OSOOC(F)(F)F)ccc1-c1ccc(NC(=O)CC(C)C)cc1C(=O)OC. The first kappa shape index (κ1) is 32.8. The van der Waals surface area contributed by atoms with E-state index in [0.29, 0.717) is 5.69 Å². The van der Waals surface area contributed by atoms with E-state index in [1.807, 2.05) is 13.8 Å². The Bertz CT molecular complexity index is 1160. The van der Waals surface area contributed by atoms with Gasteiger partial charge in [0.2, 0.25) is 5.91 Å². The lowest BCUT2D eigenvalue weighted by molar-refractivity contribution is -0.441. The quantitative estimate of drug-likeness (QED) is 0.0723. The van der Waals surface area contributed by atoms with Crippen molar-refractivity contribution in [3.63, 3.8) is 0 Å². The number of alkyl halides is 3. The lowest BCUT2D eigenvalue weighted by Crippen LogP contribution is -2.15. The number of amides is 1. The predicted molar refractivity (Wildman–Crippen MR) is 136 cm³/mol. The summed E-state index contributed by atoms with van der Waals surface area (Å²) in [5, 5.41) is 2.71. The number of nitrogens with one attached hydrogen (secondary N) is 1. The largest absolute Gasteiger partial charge is 0.550 e. The minimum Gasteiger partial charge on any atom is -0.465 e. The summed E-state index contributed by atoms with van der Waals surface area (Å²) >= 11 is -0.142. The van der Waals surface area contributed by atoms with Crippen LogP contribution < -0.4 is 9.50 Å². The van der Waals surface area contributed by atoms with Crippen LogP contribution in [0.4, 0.5) is 18.9 Å². The number of carbonyl (C=O) groups is 3. The van der Waals surface area contributed by atoms with E-state index in [4.69, 9.17) is 23.1 Å². The number of carbonyl (C=O) groups excluding carboxylic acids is 3. The van der Waals surface area contributed by atoms with Crippen LogP contribution in [0.5, 0.6) is 5.75 Å². The van der Waals surface area contributed by atoms with E-state index in [-0.39, 0.29) is 71.8 Å². The highest BCUT2D eigenvalue weighted by molar-refractivity contribution is 7.90. The Kier molecular flexibility index (Phi) is 13.2. The van der Waals surface area contributed by atoms with Crippen LogP contribution in [-0.2, 0) is 33.0 Å². The molecule has 0 unspecified atom stereocenters.